The van der Waals surface area contributed by atoms with E-state index in [2.05, 4.69) is 6.92 Å². The summed E-state index contributed by atoms with van der Waals surface area (Å²) < 4.78 is 13.6. The summed E-state index contributed by atoms with van der Waals surface area (Å²) in [5, 5.41) is 13.4. The van der Waals surface area contributed by atoms with E-state index in [4.69, 9.17) is 0 Å². The highest BCUT2D eigenvalue weighted by Crippen LogP contribution is 2.60. The van der Waals surface area contributed by atoms with E-state index in [-0.39, 0.29) is 5.92 Å². The average Bonchev–Trinajstić information content (AvgIpc) is 2.97. The molecule has 0 fully saturated rings. The number of thioether (sulfide) groups is 1. The van der Waals surface area contributed by atoms with Gasteiger partial charge in [-0.15, -0.1) is 11.8 Å². The van der Waals surface area contributed by atoms with E-state index in [0.717, 1.165) is 30.6 Å². The lowest BCUT2D eigenvalue weighted by molar-refractivity contribution is -0.144. The molecule has 1 N–H and O–H groups in total. The number of rotatable bonds is 7. The maximum absolute atomic E-state index is 14.9. The fourth-order valence-electron chi connectivity index (χ4n) is 3.01. The maximum atomic E-state index is 14.9. The summed E-state index contributed by atoms with van der Waals surface area (Å²) in [5.74, 6) is -1.12. The third-order valence-corrected chi connectivity index (χ3v) is 6.71. The normalized spacial score (nSPS) is 26.4. The molecule has 3 atom stereocenters. The average molecular weight is 316 g/mol. The highest BCUT2D eigenvalue weighted by Gasteiger charge is 2.58. The van der Waals surface area contributed by atoms with Crippen LogP contribution >= 0.6 is 23.1 Å². The van der Waals surface area contributed by atoms with Crippen molar-refractivity contribution in [1.82, 2.24) is 0 Å². The minimum absolute atomic E-state index is 0.121. The smallest absolute Gasteiger partial charge is 0.323 e. The predicted octanol–water partition coefficient (Wildman–Crippen LogP) is 5.29. The molecule has 0 radical (unpaired) electrons. The number of hydrogen-bond acceptors (Lipinski definition) is 3. The summed E-state index contributed by atoms with van der Waals surface area (Å²) in [6.07, 6.45) is 3.25. The molecular formula is C15H21FO2S2. The summed E-state index contributed by atoms with van der Waals surface area (Å²) in [7, 11) is 0. The van der Waals surface area contributed by atoms with Gasteiger partial charge in [0.25, 0.3) is 0 Å². The van der Waals surface area contributed by atoms with Crippen LogP contribution in [0.1, 0.15) is 57.7 Å². The van der Waals surface area contributed by atoms with Crippen molar-refractivity contribution in [2.75, 3.05) is 0 Å². The number of fused-ring (bicyclic) bond motifs is 1. The molecule has 0 amide bonds. The van der Waals surface area contributed by atoms with E-state index >= 15 is 0 Å². The lowest BCUT2D eigenvalue weighted by atomic mass is 9.80. The van der Waals surface area contributed by atoms with E-state index < -0.39 is 16.9 Å². The Labute approximate surface area is 127 Å². The first-order valence-electron chi connectivity index (χ1n) is 7.20. The molecule has 5 heteroatoms. The number of aliphatic carboxylic acids is 1. The van der Waals surface area contributed by atoms with E-state index in [1.165, 1.54) is 23.1 Å². The van der Waals surface area contributed by atoms with E-state index in [9.17, 15) is 14.3 Å². The number of thiophene rings is 1. The molecular weight excluding hydrogens is 295 g/mol. The zero-order valence-corrected chi connectivity index (χ0v) is 13.5. The molecule has 1 aromatic rings. The van der Waals surface area contributed by atoms with Crippen LogP contribution < -0.4 is 0 Å². The molecule has 0 aromatic carbocycles. The maximum Gasteiger partial charge on any atom is 0.323 e. The van der Waals surface area contributed by atoms with Crippen LogP contribution in [-0.2, 0) is 4.79 Å². The fraction of sp³-hybridized carbons (Fsp3) is 0.667. The van der Waals surface area contributed by atoms with Crippen molar-refractivity contribution in [2.24, 2.45) is 5.92 Å². The second-order valence-electron chi connectivity index (χ2n) is 5.36. The Morgan fingerprint density at radius 1 is 1.45 bits per heavy atom. The van der Waals surface area contributed by atoms with E-state index in [0.29, 0.717) is 12.0 Å². The largest absolute Gasteiger partial charge is 0.480 e. The van der Waals surface area contributed by atoms with Crippen LogP contribution in [0.3, 0.4) is 0 Å². The zero-order chi connectivity index (χ0) is 14.8. The van der Waals surface area contributed by atoms with Crippen molar-refractivity contribution in [3.8, 4) is 0 Å². The van der Waals surface area contributed by atoms with E-state index in [1.807, 2.05) is 12.3 Å². The molecule has 2 rings (SSSR count). The number of carboxylic acid groups (broad SMARTS) is 1. The Kier molecular flexibility index (Phi) is 5.13. The zero-order valence-electron chi connectivity index (χ0n) is 11.9. The van der Waals surface area contributed by atoms with Crippen molar-refractivity contribution >= 4 is 29.1 Å². The van der Waals surface area contributed by atoms with Crippen LogP contribution in [0.4, 0.5) is 4.39 Å². The van der Waals surface area contributed by atoms with Gasteiger partial charge in [0.15, 0.2) is 10.9 Å². The van der Waals surface area contributed by atoms with Gasteiger partial charge in [-0.1, -0.05) is 39.5 Å². The number of carboxylic acids is 1. The molecule has 1 aromatic heterocycles. The Morgan fingerprint density at radius 3 is 2.75 bits per heavy atom. The van der Waals surface area contributed by atoms with Gasteiger partial charge in [-0.05, 0) is 17.7 Å². The van der Waals surface area contributed by atoms with E-state index in [1.54, 1.807) is 5.38 Å². The number of carbonyl (C=O) groups is 1. The molecule has 2 nitrogen and oxygen atoms in total. The van der Waals surface area contributed by atoms with Crippen molar-refractivity contribution in [1.29, 1.82) is 0 Å². The summed E-state index contributed by atoms with van der Waals surface area (Å²) in [5.41, 5.74) is 0.580. The van der Waals surface area contributed by atoms with Crippen molar-refractivity contribution in [3.63, 3.8) is 0 Å². The van der Waals surface area contributed by atoms with Crippen LogP contribution in [0.15, 0.2) is 15.7 Å². The lowest BCUT2D eigenvalue weighted by Crippen LogP contribution is -2.44. The monoisotopic (exact) mass is 316 g/mol. The first-order chi connectivity index (χ1) is 9.57. The van der Waals surface area contributed by atoms with Gasteiger partial charge < -0.3 is 5.11 Å². The minimum Gasteiger partial charge on any atom is -0.480 e. The van der Waals surface area contributed by atoms with Gasteiger partial charge in [-0.25, -0.2) is 4.39 Å². The highest BCUT2D eigenvalue weighted by atomic mass is 32.2. The molecule has 0 bridgehead atoms. The van der Waals surface area contributed by atoms with Gasteiger partial charge in [0.1, 0.15) is 0 Å². The molecule has 2 heterocycles. The number of alkyl halides is 1. The fourth-order valence-corrected chi connectivity index (χ4v) is 5.57. The Balaban J connectivity index is 2.26. The predicted molar refractivity (Wildman–Crippen MR) is 82.3 cm³/mol. The van der Waals surface area contributed by atoms with Crippen LogP contribution in [0.5, 0.6) is 0 Å². The van der Waals surface area contributed by atoms with Crippen molar-refractivity contribution in [2.45, 2.75) is 61.8 Å². The quantitative estimate of drug-likeness (QED) is 0.694. The molecule has 0 spiro atoms. The molecule has 112 valence electrons. The number of unbranched alkanes of at least 4 members (excludes halogenated alkanes) is 2. The molecule has 0 saturated heterocycles. The van der Waals surface area contributed by atoms with Gasteiger partial charge in [0.2, 0.25) is 0 Å². The first kappa shape index (κ1) is 15.8. The minimum atomic E-state index is -1.39. The third-order valence-electron chi connectivity index (χ3n) is 4.17. The number of halogens is 1. The van der Waals surface area contributed by atoms with Gasteiger partial charge in [-0.2, -0.15) is 11.3 Å². The second kappa shape index (κ2) is 6.48. The molecule has 1 aliphatic rings. The molecule has 0 aliphatic carbocycles. The van der Waals surface area contributed by atoms with Crippen LogP contribution in [0.25, 0.3) is 0 Å². The Hall–Kier alpha value is -0.550. The molecule has 0 saturated carbocycles. The summed E-state index contributed by atoms with van der Waals surface area (Å²) in [6.45, 7) is 4.09. The Bertz CT molecular complexity index is 474. The van der Waals surface area contributed by atoms with Gasteiger partial charge in [-0.3, -0.25) is 4.79 Å². The molecule has 1 aliphatic heterocycles. The van der Waals surface area contributed by atoms with Crippen molar-refractivity contribution in [3.05, 3.63) is 16.3 Å². The topological polar surface area (TPSA) is 37.3 Å². The van der Waals surface area contributed by atoms with Crippen LogP contribution in [0, 0.1) is 5.92 Å². The molecule has 3 unspecified atom stereocenters. The Morgan fingerprint density at radius 2 is 2.20 bits per heavy atom. The second-order valence-corrected chi connectivity index (χ2v) is 7.42. The van der Waals surface area contributed by atoms with Gasteiger partial charge in [0.05, 0.1) is 0 Å². The molecule has 20 heavy (non-hydrogen) atoms. The lowest BCUT2D eigenvalue weighted by Gasteiger charge is -2.34. The summed E-state index contributed by atoms with van der Waals surface area (Å²) >= 11 is 2.68. The summed E-state index contributed by atoms with van der Waals surface area (Å²) in [6, 6.07) is 0. The highest BCUT2D eigenvalue weighted by molar-refractivity contribution is 8.02. The van der Waals surface area contributed by atoms with Gasteiger partial charge in [0, 0.05) is 15.8 Å². The first-order valence-corrected chi connectivity index (χ1v) is 8.96. The standard InChI is InChI=1S/C15H21FO2S2/c1-3-5-6-7-10(4-2)15(14(17)18)13(16)11-8-19-9-12(11)20-15/h8-10,13H,3-7H2,1-2H3,(H,17,18). The van der Waals surface area contributed by atoms with Crippen LogP contribution in [0.2, 0.25) is 0 Å². The third kappa shape index (κ3) is 2.50. The SMILES string of the molecule is CCCCCC(CC)C1(C(=O)O)Sc2cscc2C1F. The van der Waals surface area contributed by atoms with Crippen LogP contribution in [-0.4, -0.2) is 15.8 Å². The number of hydrogen-bond donors (Lipinski definition) is 1. The van der Waals surface area contributed by atoms with Gasteiger partial charge >= 0.3 is 5.97 Å². The summed E-state index contributed by atoms with van der Waals surface area (Å²) in [4.78, 5) is 12.7. The van der Waals surface area contributed by atoms with Crippen molar-refractivity contribution < 1.29 is 14.3 Å².